The first-order valence-electron chi connectivity index (χ1n) is 4.14. The summed E-state index contributed by atoms with van der Waals surface area (Å²) in [4.78, 5) is 19.0. The number of hydrogen-bond donors (Lipinski definition) is 2. The number of amides is 1. The number of nitrogens with two attached hydrogens (primary N) is 1. The Morgan fingerprint density at radius 3 is 3.14 bits per heavy atom. The maximum absolute atomic E-state index is 10.8. The second kappa shape index (κ2) is 5.56. The summed E-state index contributed by atoms with van der Waals surface area (Å²) in [6.07, 6.45) is 2.08. The molecule has 0 spiro atoms. The lowest BCUT2D eigenvalue weighted by Gasteiger charge is -1.99. The summed E-state index contributed by atoms with van der Waals surface area (Å²) in [6, 6.07) is 1.83. The van der Waals surface area contributed by atoms with Crippen molar-refractivity contribution in [1.29, 1.82) is 0 Å². The first-order chi connectivity index (χ1) is 6.72. The van der Waals surface area contributed by atoms with Crippen LogP contribution in [-0.2, 0) is 4.79 Å². The molecule has 0 atom stereocenters. The van der Waals surface area contributed by atoms with Crippen molar-refractivity contribution in [2.45, 2.75) is 18.5 Å². The summed E-state index contributed by atoms with van der Waals surface area (Å²) in [5, 5.41) is 0.690. The van der Waals surface area contributed by atoms with Crippen molar-refractivity contribution in [3.63, 3.8) is 0 Å². The number of carbonyl (C=O) groups is 1. The van der Waals surface area contributed by atoms with E-state index in [-0.39, 0.29) is 5.91 Å². The minimum Gasteiger partial charge on any atom is -0.294 e. The van der Waals surface area contributed by atoms with Crippen molar-refractivity contribution in [3.8, 4) is 0 Å². The molecule has 0 aliphatic rings. The van der Waals surface area contributed by atoms with Crippen LogP contribution in [0, 0.1) is 6.92 Å². The van der Waals surface area contributed by atoms with Gasteiger partial charge in [0.2, 0.25) is 5.91 Å². The van der Waals surface area contributed by atoms with Crippen molar-refractivity contribution < 1.29 is 4.79 Å². The van der Waals surface area contributed by atoms with Gasteiger partial charge in [-0.05, 0) is 13.0 Å². The molecule has 0 saturated heterocycles. The predicted molar refractivity (Wildman–Crippen MR) is 54.4 cm³/mol. The van der Waals surface area contributed by atoms with Gasteiger partial charge in [-0.1, -0.05) is 11.8 Å². The number of carbonyl (C=O) groups excluding carboxylic acids is 1. The van der Waals surface area contributed by atoms with Gasteiger partial charge >= 0.3 is 0 Å². The second-order valence-corrected chi connectivity index (χ2v) is 3.71. The maximum atomic E-state index is 10.8. The van der Waals surface area contributed by atoms with Crippen molar-refractivity contribution in [2.24, 2.45) is 5.84 Å². The number of hydrazine groups is 1. The average Bonchev–Trinajstić information content (AvgIpc) is 2.17. The Hall–Kier alpha value is -1.14. The molecule has 5 nitrogen and oxygen atoms in total. The van der Waals surface area contributed by atoms with Crippen LogP contribution in [0.4, 0.5) is 0 Å². The molecule has 1 aromatic heterocycles. The lowest BCUT2D eigenvalue weighted by Crippen LogP contribution is -2.30. The fourth-order valence-corrected chi connectivity index (χ4v) is 1.62. The highest BCUT2D eigenvalue weighted by molar-refractivity contribution is 7.99. The third-order valence-electron chi connectivity index (χ3n) is 1.49. The Labute approximate surface area is 86.5 Å². The van der Waals surface area contributed by atoms with E-state index in [1.165, 1.54) is 11.8 Å². The highest BCUT2D eigenvalue weighted by Gasteiger charge is 2.01. The van der Waals surface area contributed by atoms with Gasteiger partial charge in [0, 0.05) is 24.1 Å². The first kappa shape index (κ1) is 10.9. The van der Waals surface area contributed by atoms with E-state index < -0.39 is 0 Å². The number of aryl methyl sites for hydroxylation is 1. The van der Waals surface area contributed by atoms with Gasteiger partial charge in [-0.2, -0.15) is 0 Å². The molecule has 0 bridgehead atoms. The Kier molecular flexibility index (Phi) is 4.34. The monoisotopic (exact) mass is 212 g/mol. The molecule has 1 amide bonds. The van der Waals surface area contributed by atoms with Crippen molar-refractivity contribution in [2.75, 3.05) is 5.75 Å². The van der Waals surface area contributed by atoms with Gasteiger partial charge in [0.05, 0.1) is 0 Å². The van der Waals surface area contributed by atoms with Gasteiger partial charge in [-0.15, -0.1) is 0 Å². The van der Waals surface area contributed by atoms with Crippen molar-refractivity contribution in [1.82, 2.24) is 15.4 Å². The van der Waals surface area contributed by atoms with Crippen LogP contribution in [0.3, 0.4) is 0 Å². The van der Waals surface area contributed by atoms with Crippen LogP contribution in [0.5, 0.6) is 0 Å². The minimum absolute atomic E-state index is 0.176. The molecule has 1 heterocycles. The van der Waals surface area contributed by atoms with Crippen LogP contribution in [0.15, 0.2) is 17.4 Å². The van der Waals surface area contributed by atoms with Gasteiger partial charge in [0.25, 0.3) is 0 Å². The zero-order chi connectivity index (χ0) is 10.4. The smallest absolute Gasteiger partial charge is 0.234 e. The Morgan fingerprint density at radius 2 is 2.50 bits per heavy atom. The van der Waals surface area contributed by atoms with Crippen LogP contribution in [0.25, 0.3) is 0 Å². The van der Waals surface area contributed by atoms with E-state index in [1.807, 2.05) is 13.0 Å². The van der Waals surface area contributed by atoms with Gasteiger partial charge in [0.15, 0.2) is 5.16 Å². The van der Waals surface area contributed by atoms with E-state index in [2.05, 4.69) is 15.4 Å². The van der Waals surface area contributed by atoms with Gasteiger partial charge in [-0.25, -0.2) is 15.8 Å². The largest absolute Gasteiger partial charge is 0.294 e. The number of aromatic nitrogens is 2. The van der Waals surface area contributed by atoms with E-state index in [0.29, 0.717) is 17.3 Å². The normalized spacial score (nSPS) is 9.86. The fourth-order valence-electron chi connectivity index (χ4n) is 0.803. The van der Waals surface area contributed by atoms with Gasteiger partial charge < -0.3 is 0 Å². The lowest BCUT2D eigenvalue weighted by molar-refractivity contribution is -0.120. The van der Waals surface area contributed by atoms with Gasteiger partial charge in [-0.3, -0.25) is 10.2 Å². The summed E-state index contributed by atoms with van der Waals surface area (Å²) < 4.78 is 0. The Bertz CT molecular complexity index is 318. The topological polar surface area (TPSA) is 80.9 Å². The van der Waals surface area contributed by atoms with Crippen LogP contribution in [-0.4, -0.2) is 21.6 Å². The average molecular weight is 212 g/mol. The number of nitrogens with one attached hydrogen (secondary N) is 1. The molecule has 14 heavy (non-hydrogen) atoms. The molecule has 0 fully saturated rings. The van der Waals surface area contributed by atoms with E-state index in [0.717, 1.165) is 5.69 Å². The molecule has 0 aromatic carbocycles. The second-order valence-electron chi connectivity index (χ2n) is 2.65. The van der Waals surface area contributed by atoms with Crippen LogP contribution >= 0.6 is 11.8 Å². The van der Waals surface area contributed by atoms with Crippen LogP contribution < -0.4 is 11.3 Å². The Morgan fingerprint density at radius 1 is 1.71 bits per heavy atom. The van der Waals surface area contributed by atoms with E-state index >= 15 is 0 Å². The summed E-state index contributed by atoms with van der Waals surface area (Å²) in [5.74, 6) is 5.39. The van der Waals surface area contributed by atoms with Crippen molar-refractivity contribution >= 4 is 17.7 Å². The van der Waals surface area contributed by atoms with E-state index in [9.17, 15) is 4.79 Å². The van der Waals surface area contributed by atoms with Crippen LogP contribution in [0.2, 0.25) is 0 Å². The molecule has 3 N–H and O–H groups in total. The molecule has 0 saturated carbocycles. The Balaban J connectivity index is 2.35. The minimum atomic E-state index is -0.176. The quantitative estimate of drug-likeness (QED) is 0.246. The summed E-state index contributed by atoms with van der Waals surface area (Å²) in [7, 11) is 0. The maximum Gasteiger partial charge on any atom is 0.234 e. The molecule has 0 aliphatic heterocycles. The highest BCUT2D eigenvalue weighted by atomic mass is 32.2. The molecular weight excluding hydrogens is 200 g/mol. The first-order valence-corrected chi connectivity index (χ1v) is 5.13. The molecule has 1 aromatic rings. The van der Waals surface area contributed by atoms with Gasteiger partial charge in [0.1, 0.15) is 0 Å². The number of rotatable bonds is 4. The highest BCUT2D eigenvalue weighted by Crippen LogP contribution is 2.12. The van der Waals surface area contributed by atoms with E-state index in [1.54, 1.807) is 6.20 Å². The summed E-state index contributed by atoms with van der Waals surface area (Å²) in [6.45, 7) is 1.90. The molecule has 1 rings (SSSR count). The summed E-state index contributed by atoms with van der Waals surface area (Å²) in [5.41, 5.74) is 2.99. The zero-order valence-corrected chi connectivity index (χ0v) is 8.67. The molecule has 6 heteroatoms. The predicted octanol–water partition coefficient (Wildman–Crippen LogP) is 0.257. The number of nitrogens with zero attached hydrogens (tertiary/aromatic N) is 2. The standard InChI is InChI=1S/C8H12N4OS/c1-6-2-4-10-8(11-6)14-5-3-7(13)12-9/h2,4H,3,5,9H2,1H3,(H,12,13). The fraction of sp³-hybridized carbons (Fsp3) is 0.375. The number of hydrogen-bond acceptors (Lipinski definition) is 5. The zero-order valence-electron chi connectivity index (χ0n) is 7.86. The summed E-state index contributed by atoms with van der Waals surface area (Å²) >= 11 is 1.44. The van der Waals surface area contributed by atoms with E-state index in [4.69, 9.17) is 5.84 Å². The van der Waals surface area contributed by atoms with Crippen molar-refractivity contribution in [3.05, 3.63) is 18.0 Å². The SMILES string of the molecule is Cc1ccnc(SCCC(=O)NN)n1. The number of thioether (sulfide) groups is 1. The lowest BCUT2D eigenvalue weighted by atomic mass is 10.5. The molecule has 0 unspecified atom stereocenters. The molecule has 76 valence electrons. The third-order valence-corrected chi connectivity index (χ3v) is 2.36. The molecule has 0 aliphatic carbocycles. The molecular formula is C8H12N4OS. The third kappa shape index (κ3) is 3.71. The molecule has 0 radical (unpaired) electrons. The van der Waals surface area contributed by atoms with Crippen LogP contribution in [0.1, 0.15) is 12.1 Å².